The number of fused-ring (bicyclic) bond motifs is 1. The van der Waals surface area contributed by atoms with Gasteiger partial charge in [0.05, 0.1) is 0 Å². The molecule has 2 aliphatic heterocycles. The fraction of sp³-hybridized carbons (Fsp3) is 0.529. The van der Waals surface area contributed by atoms with Crippen LogP contribution in [0.1, 0.15) is 35.7 Å². The fourth-order valence-corrected chi connectivity index (χ4v) is 3.21. The van der Waals surface area contributed by atoms with Gasteiger partial charge in [-0.05, 0) is 30.5 Å². The first-order chi connectivity index (χ1) is 10.7. The van der Waals surface area contributed by atoms with Crippen molar-refractivity contribution in [2.24, 2.45) is 0 Å². The van der Waals surface area contributed by atoms with Crippen LogP contribution < -0.4 is 10.2 Å². The third-order valence-corrected chi connectivity index (χ3v) is 4.46. The topological polar surface area (TPSA) is 52.7 Å². The Morgan fingerprint density at radius 1 is 1.18 bits per heavy atom. The van der Waals surface area contributed by atoms with Crippen molar-refractivity contribution in [2.45, 2.75) is 26.2 Å². The molecule has 0 atom stereocenters. The molecule has 1 saturated heterocycles. The van der Waals surface area contributed by atoms with E-state index in [1.54, 1.807) is 0 Å². The molecule has 1 N–H and O–H groups in total. The number of rotatable bonds is 2. The summed E-state index contributed by atoms with van der Waals surface area (Å²) in [4.78, 5) is 28.5. The Hall–Kier alpha value is -1.88. The number of amides is 2. The molecule has 0 bridgehead atoms. The molecule has 1 aromatic carbocycles. The Morgan fingerprint density at radius 3 is 2.68 bits per heavy atom. The van der Waals surface area contributed by atoms with E-state index in [1.165, 1.54) is 5.56 Å². The van der Waals surface area contributed by atoms with E-state index in [0.717, 1.165) is 51.3 Å². The lowest BCUT2D eigenvalue weighted by Gasteiger charge is -2.31. The van der Waals surface area contributed by atoms with Gasteiger partial charge in [0.15, 0.2) is 0 Å². The Labute approximate surface area is 131 Å². The minimum atomic E-state index is 0.0683. The maximum absolute atomic E-state index is 12.6. The van der Waals surface area contributed by atoms with Gasteiger partial charge in [0.1, 0.15) is 0 Å². The summed E-state index contributed by atoms with van der Waals surface area (Å²) in [5.74, 6) is 0.200. The third-order valence-electron chi connectivity index (χ3n) is 4.46. The lowest BCUT2D eigenvalue weighted by Crippen LogP contribution is -2.46. The summed E-state index contributed by atoms with van der Waals surface area (Å²) in [5, 5.41) is 3.25. The molecule has 118 valence electrons. The van der Waals surface area contributed by atoms with Gasteiger partial charge in [-0.15, -0.1) is 0 Å². The van der Waals surface area contributed by atoms with Crippen LogP contribution in [0, 0.1) is 0 Å². The molecule has 5 heteroatoms. The molecule has 0 aromatic heterocycles. The second kappa shape index (κ2) is 6.48. The van der Waals surface area contributed by atoms with Crippen LogP contribution in [0.2, 0.25) is 0 Å². The maximum atomic E-state index is 12.6. The first-order valence-electron chi connectivity index (χ1n) is 8.14. The number of nitrogens with zero attached hydrogens (tertiary/aromatic N) is 2. The van der Waals surface area contributed by atoms with Crippen molar-refractivity contribution in [3.8, 4) is 0 Å². The van der Waals surface area contributed by atoms with Crippen LogP contribution in [-0.4, -0.2) is 49.4 Å². The van der Waals surface area contributed by atoms with E-state index in [4.69, 9.17) is 0 Å². The SMILES string of the molecule is CCC(=O)N1CCCc2ccc(C(=O)N3CCNCC3)cc21. The zero-order valence-electron chi connectivity index (χ0n) is 13.1. The van der Waals surface area contributed by atoms with E-state index in [2.05, 4.69) is 5.32 Å². The predicted octanol–water partition coefficient (Wildman–Crippen LogP) is 1.42. The van der Waals surface area contributed by atoms with Crippen molar-refractivity contribution < 1.29 is 9.59 Å². The maximum Gasteiger partial charge on any atom is 0.254 e. The lowest BCUT2D eigenvalue weighted by molar-refractivity contribution is -0.118. The van der Waals surface area contributed by atoms with Gasteiger partial charge >= 0.3 is 0 Å². The molecule has 3 rings (SSSR count). The molecule has 5 nitrogen and oxygen atoms in total. The Morgan fingerprint density at radius 2 is 1.95 bits per heavy atom. The van der Waals surface area contributed by atoms with Gasteiger partial charge in [0.2, 0.25) is 5.91 Å². The number of aryl methyl sites for hydroxylation is 1. The average Bonchev–Trinajstić information content (AvgIpc) is 2.60. The van der Waals surface area contributed by atoms with Crippen LogP contribution in [0.3, 0.4) is 0 Å². The van der Waals surface area contributed by atoms with Gasteiger partial charge in [-0.3, -0.25) is 9.59 Å². The van der Waals surface area contributed by atoms with Crippen LogP contribution >= 0.6 is 0 Å². The first-order valence-corrected chi connectivity index (χ1v) is 8.14. The summed E-state index contributed by atoms with van der Waals surface area (Å²) in [7, 11) is 0. The number of benzene rings is 1. The van der Waals surface area contributed by atoms with Crippen molar-refractivity contribution in [3.63, 3.8) is 0 Å². The van der Waals surface area contributed by atoms with E-state index < -0.39 is 0 Å². The normalized spacial score (nSPS) is 18.0. The molecule has 0 radical (unpaired) electrons. The second-order valence-corrected chi connectivity index (χ2v) is 5.89. The molecule has 0 saturated carbocycles. The Balaban J connectivity index is 1.88. The summed E-state index contributed by atoms with van der Waals surface area (Å²) < 4.78 is 0. The quantitative estimate of drug-likeness (QED) is 0.899. The smallest absolute Gasteiger partial charge is 0.254 e. The highest BCUT2D eigenvalue weighted by atomic mass is 16.2. The zero-order valence-corrected chi connectivity index (χ0v) is 13.1. The monoisotopic (exact) mass is 301 g/mol. The first kappa shape index (κ1) is 15.0. The molecule has 2 amide bonds. The molecular weight excluding hydrogens is 278 g/mol. The number of anilines is 1. The third kappa shape index (κ3) is 2.86. The lowest BCUT2D eigenvalue weighted by atomic mass is 9.98. The van der Waals surface area contributed by atoms with Crippen molar-refractivity contribution in [1.82, 2.24) is 10.2 Å². The van der Waals surface area contributed by atoms with Crippen LogP contribution in [0.5, 0.6) is 0 Å². The van der Waals surface area contributed by atoms with E-state index in [0.29, 0.717) is 12.0 Å². The van der Waals surface area contributed by atoms with Crippen LogP contribution in [0.25, 0.3) is 0 Å². The molecule has 1 aromatic rings. The Kier molecular flexibility index (Phi) is 4.43. The molecule has 22 heavy (non-hydrogen) atoms. The molecular formula is C17H23N3O2. The highest BCUT2D eigenvalue weighted by Gasteiger charge is 2.24. The van der Waals surface area contributed by atoms with Crippen molar-refractivity contribution in [1.29, 1.82) is 0 Å². The minimum absolute atomic E-state index is 0.0683. The molecule has 0 aliphatic carbocycles. The van der Waals surface area contributed by atoms with Crippen molar-refractivity contribution >= 4 is 17.5 Å². The largest absolute Gasteiger partial charge is 0.336 e. The molecule has 0 spiro atoms. The predicted molar refractivity (Wildman–Crippen MR) is 86.2 cm³/mol. The summed E-state index contributed by atoms with van der Waals surface area (Å²) >= 11 is 0. The van der Waals surface area contributed by atoms with Crippen LogP contribution in [0.4, 0.5) is 5.69 Å². The molecule has 0 unspecified atom stereocenters. The van der Waals surface area contributed by atoms with E-state index >= 15 is 0 Å². The summed E-state index contributed by atoms with van der Waals surface area (Å²) in [6.07, 6.45) is 2.46. The minimum Gasteiger partial charge on any atom is -0.336 e. The van der Waals surface area contributed by atoms with Gasteiger partial charge < -0.3 is 15.1 Å². The van der Waals surface area contributed by atoms with Gasteiger partial charge in [0.25, 0.3) is 5.91 Å². The Bertz CT molecular complexity index is 579. The van der Waals surface area contributed by atoms with Gasteiger partial charge in [0, 0.05) is 50.4 Å². The van der Waals surface area contributed by atoms with E-state index in [-0.39, 0.29) is 11.8 Å². The van der Waals surface area contributed by atoms with Crippen LogP contribution in [-0.2, 0) is 11.2 Å². The number of piperazine rings is 1. The van der Waals surface area contributed by atoms with Gasteiger partial charge in [-0.1, -0.05) is 13.0 Å². The van der Waals surface area contributed by atoms with E-state index in [9.17, 15) is 9.59 Å². The summed E-state index contributed by atoms with van der Waals surface area (Å²) in [6.45, 7) is 5.81. The number of carbonyl (C=O) groups excluding carboxylic acids is 2. The highest BCUT2D eigenvalue weighted by Crippen LogP contribution is 2.29. The highest BCUT2D eigenvalue weighted by molar-refractivity contribution is 5.99. The second-order valence-electron chi connectivity index (χ2n) is 5.89. The van der Waals surface area contributed by atoms with Crippen LogP contribution in [0.15, 0.2) is 18.2 Å². The zero-order chi connectivity index (χ0) is 15.5. The van der Waals surface area contributed by atoms with Crippen molar-refractivity contribution in [3.05, 3.63) is 29.3 Å². The summed E-state index contributed by atoms with van der Waals surface area (Å²) in [6, 6.07) is 5.83. The number of hydrogen-bond acceptors (Lipinski definition) is 3. The standard InChI is InChI=1S/C17H23N3O2/c1-2-16(21)20-9-3-4-13-5-6-14(12-15(13)20)17(22)19-10-7-18-8-11-19/h5-6,12,18H,2-4,7-11H2,1H3. The average molecular weight is 301 g/mol. The van der Waals surface area contributed by atoms with Gasteiger partial charge in [-0.2, -0.15) is 0 Å². The van der Waals surface area contributed by atoms with Gasteiger partial charge in [-0.25, -0.2) is 0 Å². The number of nitrogens with one attached hydrogen (secondary N) is 1. The number of carbonyl (C=O) groups is 2. The molecule has 2 heterocycles. The molecule has 1 fully saturated rings. The number of hydrogen-bond donors (Lipinski definition) is 1. The van der Waals surface area contributed by atoms with E-state index in [1.807, 2.05) is 34.9 Å². The summed E-state index contributed by atoms with van der Waals surface area (Å²) in [5.41, 5.74) is 2.79. The molecule has 2 aliphatic rings. The van der Waals surface area contributed by atoms with Crippen molar-refractivity contribution in [2.75, 3.05) is 37.6 Å². The fourth-order valence-electron chi connectivity index (χ4n) is 3.21.